The minimum absolute atomic E-state index is 0.127. The van der Waals surface area contributed by atoms with Crippen LogP contribution in [0.5, 0.6) is 0 Å². The summed E-state index contributed by atoms with van der Waals surface area (Å²) in [6, 6.07) is 17.5. The molecule has 0 bridgehead atoms. The van der Waals surface area contributed by atoms with Crippen molar-refractivity contribution in [3.63, 3.8) is 0 Å². The van der Waals surface area contributed by atoms with E-state index in [2.05, 4.69) is 5.32 Å². The molecule has 0 saturated heterocycles. The van der Waals surface area contributed by atoms with Crippen LogP contribution in [0.25, 0.3) is 0 Å². The fourth-order valence-corrected chi connectivity index (χ4v) is 5.82. The Morgan fingerprint density at radius 3 is 2.12 bits per heavy atom. The average Bonchev–Trinajstić information content (AvgIpc) is 2.92. The van der Waals surface area contributed by atoms with Crippen molar-refractivity contribution in [1.29, 1.82) is 0 Å². The second-order valence-electron chi connectivity index (χ2n) is 9.44. The molecule has 0 saturated carbocycles. The Balaban J connectivity index is 2.09. The van der Waals surface area contributed by atoms with Crippen molar-refractivity contribution >= 4 is 73.9 Å². The first-order chi connectivity index (χ1) is 19.4. The highest BCUT2D eigenvalue weighted by atomic mass is 35.5. The van der Waals surface area contributed by atoms with Crippen LogP contribution >= 0.6 is 46.4 Å². The zero-order chi connectivity index (χ0) is 30.2. The average molecular weight is 659 g/mol. The number of nitrogens with one attached hydrogen (secondary N) is 1. The zero-order valence-corrected chi connectivity index (χ0v) is 26.5. The van der Waals surface area contributed by atoms with Gasteiger partial charge in [-0.25, -0.2) is 8.42 Å². The Bertz CT molecular complexity index is 1450. The second-order valence-corrected chi connectivity index (χ2v) is 13.0. The van der Waals surface area contributed by atoms with Crippen LogP contribution in [0.4, 0.5) is 5.69 Å². The van der Waals surface area contributed by atoms with Crippen molar-refractivity contribution in [1.82, 2.24) is 10.2 Å². The molecule has 0 aliphatic carbocycles. The second kappa shape index (κ2) is 15.1. The lowest BCUT2D eigenvalue weighted by Gasteiger charge is -2.34. The molecule has 220 valence electrons. The summed E-state index contributed by atoms with van der Waals surface area (Å²) in [5.41, 5.74) is 1.40. The van der Waals surface area contributed by atoms with E-state index in [1.54, 1.807) is 18.2 Å². The Kier molecular flexibility index (Phi) is 12.2. The summed E-state index contributed by atoms with van der Waals surface area (Å²) in [5.74, 6) is -1.01. The van der Waals surface area contributed by atoms with E-state index >= 15 is 0 Å². The fourth-order valence-electron chi connectivity index (χ4n) is 4.17. The number of amides is 2. The maximum atomic E-state index is 14.1. The lowest BCUT2D eigenvalue weighted by molar-refractivity contribution is -0.140. The predicted octanol–water partition coefficient (Wildman–Crippen LogP) is 6.62. The molecule has 0 aromatic heterocycles. The number of nitrogens with zero attached hydrogens (tertiary/aromatic N) is 2. The minimum atomic E-state index is -3.96. The van der Waals surface area contributed by atoms with Gasteiger partial charge in [0.2, 0.25) is 21.8 Å². The van der Waals surface area contributed by atoms with Crippen LogP contribution < -0.4 is 9.62 Å². The fraction of sp³-hybridized carbons (Fsp3) is 0.310. The van der Waals surface area contributed by atoms with Gasteiger partial charge in [0.05, 0.1) is 22.0 Å². The van der Waals surface area contributed by atoms with Gasteiger partial charge in [-0.15, -0.1) is 0 Å². The molecule has 7 nitrogen and oxygen atoms in total. The SMILES string of the molecule is CCCCNC(=O)[C@@H](Cc1ccccc1)N(Cc1c(Cl)cccc1Cl)C(=O)CN(c1ccc(Cl)c(Cl)c1)S(C)(=O)=O. The molecule has 0 aliphatic heterocycles. The molecule has 0 heterocycles. The molecule has 3 aromatic carbocycles. The Hall–Kier alpha value is -2.49. The summed E-state index contributed by atoms with van der Waals surface area (Å²) in [6.45, 7) is 1.70. The lowest BCUT2D eigenvalue weighted by atomic mass is 10.0. The van der Waals surface area contributed by atoms with Crippen molar-refractivity contribution < 1.29 is 18.0 Å². The largest absolute Gasteiger partial charge is 0.354 e. The highest BCUT2D eigenvalue weighted by Gasteiger charge is 2.33. The van der Waals surface area contributed by atoms with Crippen molar-refractivity contribution in [2.24, 2.45) is 0 Å². The number of carbonyl (C=O) groups is 2. The monoisotopic (exact) mass is 657 g/mol. The maximum Gasteiger partial charge on any atom is 0.244 e. The maximum absolute atomic E-state index is 14.1. The van der Waals surface area contributed by atoms with Crippen LogP contribution in [0.15, 0.2) is 66.7 Å². The molecule has 3 aromatic rings. The van der Waals surface area contributed by atoms with Crippen LogP contribution in [-0.2, 0) is 32.6 Å². The molecular formula is C29H31Cl4N3O4S. The van der Waals surface area contributed by atoms with Gasteiger partial charge in [-0.3, -0.25) is 13.9 Å². The van der Waals surface area contributed by atoms with Gasteiger partial charge in [0, 0.05) is 35.1 Å². The minimum Gasteiger partial charge on any atom is -0.354 e. The molecule has 0 fully saturated rings. The standard InChI is InChI=1S/C29H31Cl4N3O4S/c1-3-4-15-34-29(38)27(16-20-9-6-5-7-10-20)35(18-22-23(30)11-8-12-24(22)31)28(37)19-36(41(2,39)40)21-13-14-25(32)26(33)17-21/h5-14,17,27H,3-4,15-16,18-19H2,1-2H3,(H,34,38)/t27-/m1/s1. The van der Waals surface area contributed by atoms with Crippen molar-refractivity contribution in [3.05, 3.63) is 97.9 Å². The molecule has 3 rings (SSSR count). The van der Waals surface area contributed by atoms with Crippen molar-refractivity contribution in [3.8, 4) is 0 Å². The Labute approximate surface area is 261 Å². The number of unbranched alkanes of at least 4 members (excludes halogenated alkanes) is 1. The number of sulfonamides is 1. The number of halogens is 4. The first kappa shape index (κ1) is 33.0. The van der Waals surface area contributed by atoms with Gasteiger partial charge in [-0.2, -0.15) is 0 Å². The van der Waals surface area contributed by atoms with E-state index in [9.17, 15) is 18.0 Å². The number of anilines is 1. The first-order valence-electron chi connectivity index (χ1n) is 12.9. The van der Waals surface area contributed by atoms with Gasteiger partial charge in [0.1, 0.15) is 12.6 Å². The van der Waals surface area contributed by atoms with Crippen LogP contribution in [0.3, 0.4) is 0 Å². The van der Waals surface area contributed by atoms with Gasteiger partial charge in [-0.05, 0) is 42.3 Å². The summed E-state index contributed by atoms with van der Waals surface area (Å²) < 4.78 is 26.7. The summed E-state index contributed by atoms with van der Waals surface area (Å²) in [4.78, 5) is 29.1. The van der Waals surface area contributed by atoms with Gasteiger partial charge in [-0.1, -0.05) is 96.1 Å². The Morgan fingerprint density at radius 2 is 1.54 bits per heavy atom. The molecule has 0 radical (unpaired) electrons. The topological polar surface area (TPSA) is 86.8 Å². The molecule has 2 amide bonds. The highest BCUT2D eigenvalue weighted by molar-refractivity contribution is 7.92. The van der Waals surface area contributed by atoms with Gasteiger partial charge >= 0.3 is 0 Å². The number of benzene rings is 3. The lowest BCUT2D eigenvalue weighted by Crippen LogP contribution is -2.53. The molecule has 0 unspecified atom stereocenters. The predicted molar refractivity (Wildman–Crippen MR) is 168 cm³/mol. The highest BCUT2D eigenvalue weighted by Crippen LogP contribution is 2.30. The van der Waals surface area contributed by atoms with Crippen LogP contribution in [0.2, 0.25) is 20.1 Å². The smallest absolute Gasteiger partial charge is 0.244 e. The van der Waals surface area contributed by atoms with E-state index in [0.29, 0.717) is 22.2 Å². The third-order valence-corrected chi connectivity index (χ3v) is 8.95. The van der Waals surface area contributed by atoms with E-state index in [0.717, 1.165) is 29.0 Å². The number of rotatable bonds is 13. The quantitative estimate of drug-likeness (QED) is 0.209. The molecular weight excluding hydrogens is 628 g/mol. The Morgan fingerprint density at radius 1 is 0.878 bits per heavy atom. The zero-order valence-electron chi connectivity index (χ0n) is 22.6. The van der Waals surface area contributed by atoms with Crippen molar-refractivity contribution in [2.75, 3.05) is 23.7 Å². The first-order valence-corrected chi connectivity index (χ1v) is 16.2. The summed E-state index contributed by atoms with van der Waals surface area (Å²) >= 11 is 25.1. The normalized spacial score (nSPS) is 12.0. The van der Waals surface area contributed by atoms with Crippen LogP contribution in [0.1, 0.15) is 30.9 Å². The van der Waals surface area contributed by atoms with E-state index in [-0.39, 0.29) is 34.6 Å². The van der Waals surface area contributed by atoms with E-state index in [4.69, 9.17) is 46.4 Å². The third-order valence-electron chi connectivity index (χ3n) is 6.36. The molecule has 41 heavy (non-hydrogen) atoms. The van der Waals surface area contributed by atoms with Crippen LogP contribution in [-0.4, -0.2) is 50.5 Å². The van der Waals surface area contributed by atoms with Gasteiger partial charge in [0.25, 0.3) is 0 Å². The van der Waals surface area contributed by atoms with Gasteiger partial charge in [0.15, 0.2) is 0 Å². The summed E-state index contributed by atoms with van der Waals surface area (Å²) in [7, 11) is -3.96. The summed E-state index contributed by atoms with van der Waals surface area (Å²) in [6.07, 6.45) is 2.79. The molecule has 1 N–H and O–H groups in total. The molecule has 1 atom stereocenters. The van der Waals surface area contributed by atoms with E-state index in [1.165, 1.54) is 23.1 Å². The third kappa shape index (κ3) is 9.25. The number of hydrogen-bond acceptors (Lipinski definition) is 4. The van der Waals surface area contributed by atoms with E-state index < -0.39 is 28.5 Å². The molecule has 12 heteroatoms. The van der Waals surface area contributed by atoms with Crippen molar-refractivity contribution in [2.45, 2.75) is 38.8 Å². The number of carbonyl (C=O) groups excluding carboxylic acids is 2. The molecule has 0 aliphatic rings. The van der Waals surface area contributed by atoms with Gasteiger partial charge < -0.3 is 10.2 Å². The molecule has 0 spiro atoms. The number of hydrogen-bond donors (Lipinski definition) is 1. The summed E-state index contributed by atoms with van der Waals surface area (Å²) in [5, 5.41) is 3.90. The van der Waals surface area contributed by atoms with Crippen LogP contribution in [0, 0.1) is 0 Å². The van der Waals surface area contributed by atoms with E-state index in [1.807, 2.05) is 37.3 Å².